The predicted molar refractivity (Wildman–Crippen MR) is 117 cm³/mol. The van der Waals surface area contributed by atoms with Crippen LogP contribution in [0.3, 0.4) is 0 Å². The van der Waals surface area contributed by atoms with Crippen LogP contribution in [0, 0.1) is 11.7 Å². The lowest BCUT2D eigenvalue weighted by Crippen LogP contribution is -2.50. The van der Waals surface area contributed by atoms with Gasteiger partial charge in [0.25, 0.3) is 0 Å². The third-order valence-electron chi connectivity index (χ3n) is 5.09. The van der Waals surface area contributed by atoms with E-state index in [-0.39, 0.29) is 11.8 Å². The monoisotopic (exact) mass is 430 g/mol. The Kier molecular flexibility index (Phi) is 8.61. The van der Waals surface area contributed by atoms with Crippen molar-refractivity contribution < 1.29 is 18.7 Å². The number of pyridine rings is 1. The van der Waals surface area contributed by atoms with Crippen molar-refractivity contribution in [1.82, 2.24) is 20.5 Å². The Hall–Kier alpha value is -2.71. The molecule has 1 aromatic heterocycles. The second kappa shape index (κ2) is 11.6. The molecule has 2 N–H and O–H groups in total. The maximum atomic E-state index is 13.0. The first-order chi connectivity index (χ1) is 15.0. The van der Waals surface area contributed by atoms with E-state index in [0.29, 0.717) is 36.7 Å². The smallest absolute Gasteiger partial charge is 0.315 e. The normalized spacial score (nSPS) is 15.5. The van der Waals surface area contributed by atoms with E-state index < -0.39 is 0 Å². The van der Waals surface area contributed by atoms with Crippen LogP contribution in [-0.2, 0) is 11.3 Å². The van der Waals surface area contributed by atoms with Crippen LogP contribution in [0.1, 0.15) is 25.8 Å². The second-order valence-electron chi connectivity index (χ2n) is 8.06. The maximum Gasteiger partial charge on any atom is 0.315 e. The number of urea groups is 1. The summed E-state index contributed by atoms with van der Waals surface area (Å²) < 4.78 is 24.0. The molecule has 168 valence electrons. The van der Waals surface area contributed by atoms with Crippen molar-refractivity contribution in [3.05, 3.63) is 54.0 Å². The molecule has 1 saturated heterocycles. The number of hydrogen-bond acceptors (Lipinski definition) is 5. The molecule has 0 radical (unpaired) electrons. The van der Waals surface area contributed by atoms with Gasteiger partial charge in [-0.25, -0.2) is 14.2 Å². The molecule has 0 spiro atoms. The highest BCUT2D eigenvalue weighted by molar-refractivity contribution is 5.73. The van der Waals surface area contributed by atoms with Crippen LogP contribution in [0.25, 0.3) is 0 Å². The van der Waals surface area contributed by atoms with E-state index in [1.165, 1.54) is 12.1 Å². The molecule has 1 aromatic carbocycles. The van der Waals surface area contributed by atoms with Crippen LogP contribution in [-0.4, -0.2) is 54.8 Å². The maximum absolute atomic E-state index is 13.0. The standard InChI is InChI=1S/C23H31FN4O3/c1-17(2)13-20(28-9-11-30-12-10-28)16-27-23(29)26-15-18-3-8-22(25-14-18)31-21-6-4-19(24)5-7-21/h3-8,14,17,20H,9-13,15-16H2,1-2H3,(H2,26,27,29). The fraction of sp³-hybridized carbons (Fsp3) is 0.478. The number of aromatic nitrogens is 1. The summed E-state index contributed by atoms with van der Waals surface area (Å²) in [5.41, 5.74) is 0.855. The largest absolute Gasteiger partial charge is 0.439 e. The van der Waals surface area contributed by atoms with Gasteiger partial charge in [-0.3, -0.25) is 4.90 Å². The first kappa shape index (κ1) is 23.0. The Bertz CT molecular complexity index is 809. The molecule has 1 aliphatic heterocycles. The van der Waals surface area contributed by atoms with E-state index in [1.807, 2.05) is 6.07 Å². The van der Waals surface area contributed by atoms with Crippen molar-refractivity contribution in [3.8, 4) is 11.6 Å². The van der Waals surface area contributed by atoms with Crippen LogP contribution < -0.4 is 15.4 Å². The number of morpholine rings is 1. The van der Waals surface area contributed by atoms with Crippen LogP contribution in [0.4, 0.5) is 9.18 Å². The van der Waals surface area contributed by atoms with Gasteiger partial charge in [0.1, 0.15) is 11.6 Å². The van der Waals surface area contributed by atoms with Crippen LogP contribution in [0.15, 0.2) is 42.6 Å². The number of hydrogen-bond donors (Lipinski definition) is 2. The van der Waals surface area contributed by atoms with Crippen LogP contribution in [0.5, 0.6) is 11.6 Å². The molecule has 1 unspecified atom stereocenters. The minimum Gasteiger partial charge on any atom is -0.439 e. The number of carbonyl (C=O) groups is 1. The Morgan fingerprint density at radius 2 is 1.90 bits per heavy atom. The van der Waals surface area contributed by atoms with Gasteiger partial charge >= 0.3 is 6.03 Å². The van der Waals surface area contributed by atoms with E-state index in [2.05, 4.69) is 34.4 Å². The summed E-state index contributed by atoms with van der Waals surface area (Å²) in [6.07, 6.45) is 2.67. The van der Waals surface area contributed by atoms with E-state index in [0.717, 1.165) is 38.3 Å². The lowest BCUT2D eigenvalue weighted by atomic mass is 10.0. The second-order valence-corrected chi connectivity index (χ2v) is 8.06. The summed E-state index contributed by atoms with van der Waals surface area (Å²) in [4.78, 5) is 18.9. The van der Waals surface area contributed by atoms with Gasteiger partial charge in [0, 0.05) is 44.5 Å². The predicted octanol–water partition coefficient (Wildman–Crippen LogP) is 3.56. The number of rotatable bonds is 9. The molecule has 31 heavy (non-hydrogen) atoms. The SMILES string of the molecule is CC(C)CC(CNC(=O)NCc1ccc(Oc2ccc(F)cc2)nc1)N1CCOCC1. The van der Waals surface area contributed by atoms with Crippen LogP contribution in [0.2, 0.25) is 0 Å². The fourth-order valence-corrected chi connectivity index (χ4v) is 3.50. The molecule has 2 amide bonds. The molecule has 1 aliphatic rings. The minimum atomic E-state index is -0.319. The van der Waals surface area contributed by atoms with E-state index in [4.69, 9.17) is 9.47 Å². The first-order valence-electron chi connectivity index (χ1n) is 10.7. The van der Waals surface area contributed by atoms with E-state index in [1.54, 1.807) is 24.4 Å². The molecule has 8 heteroatoms. The summed E-state index contributed by atoms with van der Waals surface area (Å²) in [6, 6.07) is 9.40. The van der Waals surface area contributed by atoms with Gasteiger partial charge in [0.05, 0.1) is 13.2 Å². The number of amides is 2. The van der Waals surface area contributed by atoms with E-state index in [9.17, 15) is 9.18 Å². The molecule has 0 saturated carbocycles. The summed E-state index contributed by atoms with van der Waals surface area (Å²) in [5, 5.41) is 5.87. The molecule has 2 aromatic rings. The van der Waals surface area contributed by atoms with E-state index >= 15 is 0 Å². The number of halogens is 1. The first-order valence-corrected chi connectivity index (χ1v) is 10.7. The summed E-state index contributed by atoms with van der Waals surface area (Å²) in [5.74, 6) is 1.15. The van der Waals surface area contributed by atoms with Gasteiger partial charge < -0.3 is 20.1 Å². The molecular weight excluding hydrogens is 399 g/mol. The summed E-state index contributed by atoms with van der Waals surface area (Å²) in [6.45, 7) is 8.66. The Morgan fingerprint density at radius 3 is 2.55 bits per heavy atom. The molecule has 2 heterocycles. The van der Waals surface area contributed by atoms with Gasteiger partial charge in [-0.15, -0.1) is 0 Å². The summed E-state index contributed by atoms with van der Waals surface area (Å²) >= 11 is 0. The van der Waals surface area contributed by atoms with Gasteiger partial charge in [0.15, 0.2) is 0 Å². The molecule has 0 aliphatic carbocycles. The Balaban J connectivity index is 1.43. The zero-order chi connectivity index (χ0) is 22.1. The highest BCUT2D eigenvalue weighted by atomic mass is 19.1. The highest BCUT2D eigenvalue weighted by Crippen LogP contribution is 2.19. The average Bonchev–Trinajstić information content (AvgIpc) is 2.78. The molecule has 7 nitrogen and oxygen atoms in total. The molecule has 0 bridgehead atoms. The molecule has 3 rings (SSSR count). The highest BCUT2D eigenvalue weighted by Gasteiger charge is 2.22. The molecule has 1 fully saturated rings. The molecule has 1 atom stereocenters. The summed E-state index contributed by atoms with van der Waals surface area (Å²) in [7, 11) is 0. The van der Waals surface area contributed by atoms with Gasteiger partial charge in [-0.05, 0) is 42.2 Å². The number of carbonyl (C=O) groups excluding carboxylic acids is 1. The minimum absolute atomic E-state index is 0.200. The number of nitrogens with zero attached hydrogens (tertiary/aromatic N) is 2. The lowest BCUT2D eigenvalue weighted by Gasteiger charge is -2.35. The van der Waals surface area contributed by atoms with Crippen molar-refractivity contribution in [2.24, 2.45) is 5.92 Å². The molecular formula is C23H31FN4O3. The van der Waals surface area contributed by atoms with Gasteiger partial charge in [-0.2, -0.15) is 0 Å². The van der Waals surface area contributed by atoms with Crippen molar-refractivity contribution in [3.63, 3.8) is 0 Å². The zero-order valence-corrected chi connectivity index (χ0v) is 18.1. The van der Waals surface area contributed by atoms with Gasteiger partial charge in [-0.1, -0.05) is 19.9 Å². The number of ether oxygens (including phenoxy) is 2. The zero-order valence-electron chi connectivity index (χ0n) is 18.1. The van der Waals surface area contributed by atoms with Crippen molar-refractivity contribution in [2.45, 2.75) is 32.9 Å². The van der Waals surface area contributed by atoms with Crippen molar-refractivity contribution in [1.29, 1.82) is 0 Å². The average molecular weight is 431 g/mol. The van der Waals surface area contributed by atoms with Crippen molar-refractivity contribution in [2.75, 3.05) is 32.8 Å². The lowest BCUT2D eigenvalue weighted by molar-refractivity contribution is 0.0129. The van der Waals surface area contributed by atoms with Gasteiger partial charge in [0.2, 0.25) is 5.88 Å². The fourth-order valence-electron chi connectivity index (χ4n) is 3.50. The quantitative estimate of drug-likeness (QED) is 0.636. The van der Waals surface area contributed by atoms with Crippen molar-refractivity contribution >= 4 is 6.03 Å². The third-order valence-corrected chi connectivity index (χ3v) is 5.09. The Morgan fingerprint density at radius 1 is 1.16 bits per heavy atom. The Labute approximate surface area is 182 Å². The van der Waals surface area contributed by atoms with Crippen LogP contribution >= 0.6 is 0 Å². The third kappa shape index (κ3) is 7.80. The number of nitrogens with one attached hydrogen (secondary N) is 2. The topological polar surface area (TPSA) is 75.7 Å². The number of benzene rings is 1.